The molecule has 4 nitrogen and oxygen atoms in total. The Labute approximate surface area is 137 Å². The van der Waals surface area contributed by atoms with Gasteiger partial charge in [0.05, 0.1) is 19.5 Å². The topological polar surface area (TPSA) is 37.7 Å². The van der Waals surface area contributed by atoms with Gasteiger partial charge >= 0.3 is 0 Å². The van der Waals surface area contributed by atoms with Gasteiger partial charge in [0.25, 0.3) is 0 Å². The first-order valence-electron chi connectivity index (χ1n) is 8.15. The summed E-state index contributed by atoms with van der Waals surface area (Å²) in [6.07, 6.45) is 2.73. The fraction of sp³-hybridized carbons (Fsp3) is 0.368. The summed E-state index contributed by atoms with van der Waals surface area (Å²) in [5.74, 6) is 2.26. The SMILES string of the molecule is CCN1CCN=C1CC(c1cccc(OC)c1)c1ccccn1. The van der Waals surface area contributed by atoms with E-state index in [-0.39, 0.29) is 5.92 Å². The summed E-state index contributed by atoms with van der Waals surface area (Å²) in [6, 6.07) is 14.4. The van der Waals surface area contributed by atoms with E-state index >= 15 is 0 Å². The molecule has 23 heavy (non-hydrogen) atoms. The number of likely N-dealkylation sites (N-methyl/N-ethyl adjacent to an activating group) is 1. The molecule has 1 atom stereocenters. The molecule has 3 rings (SSSR count). The van der Waals surface area contributed by atoms with Crippen molar-refractivity contribution in [1.82, 2.24) is 9.88 Å². The zero-order valence-corrected chi connectivity index (χ0v) is 13.8. The summed E-state index contributed by atoms with van der Waals surface area (Å²) in [5, 5.41) is 0. The average molecular weight is 309 g/mol. The zero-order chi connectivity index (χ0) is 16.1. The molecule has 0 amide bonds. The first kappa shape index (κ1) is 15.5. The van der Waals surface area contributed by atoms with Crippen molar-refractivity contribution >= 4 is 5.84 Å². The fourth-order valence-corrected chi connectivity index (χ4v) is 3.08. The van der Waals surface area contributed by atoms with Crippen molar-refractivity contribution in [2.45, 2.75) is 19.3 Å². The van der Waals surface area contributed by atoms with Crippen molar-refractivity contribution in [3.63, 3.8) is 0 Å². The number of hydrogen-bond acceptors (Lipinski definition) is 4. The lowest BCUT2D eigenvalue weighted by atomic mass is 9.91. The van der Waals surface area contributed by atoms with Crippen LogP contribution < -0.4 is 4.74 Å². The molecule has 0 saturated heterocycles. The number of nitrogens with zero attached hydrogens (tertiary/aromatic N) is 3. The maximum Gasteiger partial charge on any atom is 0.119 e. The van der Waals surface area contributed by atoms with Crippen molar-refractivity contribution in [2.75, 3.05) is 26.7 Å². The highest BCUT2D eigenvalue weighted by Crippen LogP contribution is 2.30. The minimum Gasteiger partial charge on any atom is -0.497 e. The van der Waals surface area contributed by atoms with Crippen molar-refractivity contribution in [2.24, 2.45) is 4.99 Å². The number of rotatable bonds is 6. The van der Waals surface area contributed by atoms with Crippen LogP contribution >= 0.6 is 0 Å². The largest absolute Gasteiger partial charge is 0.497 e. The second-order valence-electron chi connectivity index (χ2n) is 5.67. The number of aliphatic imine (C=N–C) groups is 1. The summed E-state index contributed by atoms with van der Waals surface area (Å²) in [5.41, 5.74) is 2.29. The summed E-state index contributed by atoms with van der Waals surface area (Å²) >= 11 is 0. The maximum atomic E-state index is 5.39. The molecule has 1 aliphatic heterocycles. The Morgan fingerprint density at radius 3 is 2.87 bits per heavy atom. The molecule has 0 bridgehead atoms. The number of aromatic nitrogens is 1. The lowest BCUT2D eigenvalue weighted by Gasteiger charge is -2.23. The first-order valence-corrected chi connectivity index (χ1v) is 8.15. The molecule has 2 aromatic rings. The first-order chi connectivity index (χ1) is 11.3. The highest BCUT2D eigenvalue weighted by molar-refractivity contribution is 5.85. The molecule has 1 aromatic heterocycles. The Morgan fingerprint density at radius 1 is 1.22 bits per heavy atom. The zero-order valence-electron chi connectivity index (χ0n) is 13.8. The summed E-state index contributed by atoms with van der Waals surface area (Å²) in [6.45, 7) is 5.11. The normalized spacial score (nSPS) is 15.4. The second-order valence-corrected chi connectivity index (χ2v) is 5.67. The number of amidine groups is 1. The molecule has 1 aromatic carbocycles. The number of ether oxygens (including phenoxy) is 1. The number of benzene rings is 1. The highest BCUT2D eigenvalue weighted by Gasteiger charge is 2.23. The van der Waals surface area contributed by atoms with Crippen LogP contribution in [-0.4, -0.2) is 42.5 Å². The second kappa shape index (κ2) is 7.27. The minimum absolute atomic E-state index is 0.192. The molecule has 2 heterocycles. The van der Waals surface area contributed by atoms with Crippen molar-refractivity contribution in [1.29, 1.82) is 0 Å². The van der Waals surface area contributed by atoms with Gasteiger partial charge in [-0.3, -0.25) is 9.98 Å². The Balaban J connectivity index is 1.94. The van der Waals surface area contributed by atoms with Crippen LogP contribution in [0.3, 0.4) is 0 Å². The third-order valence-electron chi connectivity index (χ3n) is 4.34. The Morgan fingerprint density at radius 2 is 2.13 bits per heavy atom. The van der Waals surface area contributed by atoms with E-state index in [4.69, 9.17) is 9.73 Å². The lowest BCUT2D eigenvalue weighted by molar-refractivity contribution is 0.414. The van der Waals surface area contributed by atoms with Gasteiger partial charge in [0.1, 0.15) is 5.75 Å². The van der Waals surface area contributed by atoms with Crippen LogP contribution in [0.5, 0.6) is 5.75 Å². The Hall–Kier alpha value is -2.36. The molecular weight excluding hydrogens is 286 g/mol. The molecule has 0 aliphatic carbocycles. The molecular formula is C19H23N3O. The van der Waals surface area contributed by atoms with Crippen LogP contribution in [0, 0.1) is 0 Å². The van der Waals surface area contributed by atoms with Gasteiger partial charge in [-0.25, -0.2) is 0 Å². The van der Waals surface area contributed by atoms with Crippen LogP contribution in [0.4, 0.5) is 0 Å². The van der Waals surface area contributed by atoms with Crippen molar-refractivity contribution in [3.05, 3.63) is 59.9 Å². The maximum absolute atomic E-state index is 5.39. The van der Waals surface area contributed by atoms with Gasteiger partial charge in [-0.05, 0) is 36.8 Å². The van der Waals surface area contributed by atoms with Gasteiger partial charge in [0.15, 0.2) is 0 Å². The van der Waals surface area contributed by atoms with E-state index in [0.29, 0.717) is 0 Å². The Bertz CT molecular complexity index is 669. The lowest BCUT2D eigenvalue weighted by Crippen LogP contribution is -2.29. The molecule has 0 N–H and O–H groups in total. The third-order valence-corrected chi connectivity index (χ3v) is 4.34. The quantitative estimate of drug-likeness (QED) is 0.821. The minimum atomic E-state index is 0.192. The molecule has 120 valence electrons. The standard InChI is InChI=1S/C19H23N3O/c1-3-22-12-11-21-19(22)14-17(18-9-4-5-10-20-18)15-7-6-8-16(13-15)23-2/h4-10,13,17H,3,11-12,14H2,1-2H3. The van der Waals surface area contributed by atoms with Gasteiger partial charge in [-0.1, -0.05) is 18.2 Å². The molecule has 0 saturated carbocycles. The van der Waals surface area contributed by atoms with E-state index in [2.05, 4.69) is 35.0 Å². The predicted molar refractivity (Wildman–Crippen MR) is 93.2 cm³/mol. The van der Waals surface area contributed by atoms with Crippen LogP contribution in [0.15, 0.2) is 53.7 Å². The fourth-order valence-electron chi connectivity index (χ4n) is 3.08. The van der Waals surface area contributed by atoms with E-state index < -0.39 is 0 Å². The van der Waals surface area contributed by atoms with E-state index in [1.807, 2.05) is 30.5 Å². The molecule has 1 aliphatic rings. The van der Waals surface area contributed by atoms with E-state index in [9.17, 15) is 0 Å². The third kappa shape index (κ3) is 3.52. The number of methoxy groups -OCH3 is 1. The smallest absolute Gasteiger partial charge is 0.119 e. The number of hydrogen-bond donors (Lipinski definition) is 0. The van der Waals surface area contributed by atoms with Gasteiger partial charge < -0.3 is 9.64 Å². The molecule has 0 radical (unpaired) electrons. The van der Waals surface area contributed by atoms with Crippen LogP contribution in [0.2, 0.25) is 0 Å². The van der Waals surface area contributed by atoms with Crippen molar-refractivity contribution in [3.8, 4) is 5.75 Å². The monoisotopic (exact) mass is 309 g/mol. The van der Waals surface area contributed by atoms with Crippen LogP contribution in [0.1, 0.15) is 30.5 Å². The summed E-state index contributed by atoms with van der Waals surface area (Å²) < 4.78 is 5.39. The predicted octanol–water partition coefficient (Wildman–Crippen LogP) is 3.35. The molecule has 1 unspecified atom stereocenters. The summed E-state index contributed by atoms with van der Waals surface area (Å²) in [7, 11) is 1.70. The van der Waals surface area contributed by atoms with Gasteiger partial charge in [0, 0.05) is 37.3 Å². The van der Waals surface area contributed by atoms with Gasteiger partial charge in [-0.2, -0.15) is 0 Å². The van der Waals surface area contributed by atoms with Gasteiger partial charge in [-0.15, -0.1) is 0 Å². The Kier molecular flexibility index (Phi) is 4.91. The molecule has 4 heteroatoms. The van der Waals surface area contributed by atoms with Gasteiger partial charge in [0.2, 0.25) is 0 Å². The van der Waals surface area contributed by atoms with Crippen LogP contribution in [-0.2, 0) is 0 Å². The summed E-state index contributed by atoms with van der Waals surface area (Å²) in [4.78, 5) is 11.7. The van der Waals surface area contributed by atoms with Crippen molar-refractivity contribution < 1.29 is 4.74 Å². The highest BCUT2D eigenvalue weighted by atomic mass is 16.5. The average Bonchev–Trinajstić information content (AvgIpc) is 3.07. The molecule has 0 spiro atoms. The number of pyridine rings is 1. The van der Waals surface area contributed by atoms with E-state index in [1.54, 1.807) is 7.11 Å². The van der Waals surface area contributed by atoms with E-state index in [0.717, 1.165) is 37.5 Å². The molecule has 0 fully saturated rings. The van der Waals surface area contributed by atoms with Crippen LogP contribution in [0.25, 0.3) is 0 Å². The van der Waals surface area contributed by atoms with E-state index in [1.165, 1.54) is 11.4 Å².